The molecule has 0 aliphatic carbocycles. The van der Waals surface area contributed by atoms with Crippen molar-refractivity contribution in [1.29, 1.82) is 0 Å². The molecule has 3 heterocycles. The lowest BCUT2D eigenvalue weighted by atomic mass is 10.3. The molecular weight excluding hydrogens is 376 g/mol. The maximum atomic E-state index is 12.2. The van der Waals surface area contributed by atoms with Gasteiger partial charge in [0.2, 0.25) is 5.91 Å². The van der Waals surface area contributed by atoms with E-state index in [1.165, 1.54) is 30.2 Å². The van der Waals surface area contributed by atoms with Crippen molar-refractivity contribution in [3.05, 3.63) is 35.4 Å². The SMILES string of the molecule is CCn1c(SCC(=O)Nc2sccc2C(=O)OC)nnc1-c1ccco1. The fourth-order valence-electron chi connectivity index (χ4n) is 2.24. The molecule has 0 fully saturated rings. The summed E-state index contributed by atoms with van der Waals surface area (Å²) in [6.07, 6.45) is 1.57. The van der Waals surface area contributed by atoms with Crippen molar-refractivity contribution in [1.82, 2.24) is 14.8 Å². The molecule has 0 saturated heterocycles. The van der Waals surface area contributed by atoms with Crippen molar-refractivity contribution in [2.24, 2.45) is 0 Å². The molecule has 3 aromatic heterocycles. The average molecular weight is 392 g/mol. The zero-order valence-electron chi connectivity index (χ0n) is 14.1. The van der Waals surface area contributed by atoms with Gasteiger partial charge in [-0.2, -0.15) is 0 Å². The number of carbonyl (C=O) groups excluding carboxylic acids is 2. The summed E-state index contributed by atoms with van der Waals surface area (Å²) < 4.78 is 11.9. The van der Waals surface area contributed by atoms with Gasteiger partial charge in [-0.05, 0) is 30.5 Å². The Morgan fingerprint density at radius 1 is 1.38 bits per heavy atom. The number of hydrogen-bond donors (Lipinski definition) is 1. The van der Waals surface area contributed by atoms with E-state index in [4.69, 9.17) is 9.15 Å². The van der Waals surface area contributed by atoms with Gasteiger partial charge < -0.3 is 14.5 Å². The van der Waals surface area contributed by atoms with Crippen molar-refractivity contribution in [3.8, 4) is 11.6 Å². The summed E-state index contributed by atoms with van der Waals surface area (Å²) in [5.74, 6) is 0.647. The smallest absolute Gasteiger partial charge is 0.340 e. The van der Waals surface area contributed by atoms with E-state index in [9.17, 15) is 9.59 Å². The van der Waals surface area contributed by atoms with Crippen LogP contribution in [0.15, 0.2) is 39.4 Å². The maximum Gasteiger partial charge on any atom is 0.340 e. The minimum absolute atomic E-state index is 0.134. The highest BCUT2D eigenvalue weighted by Gasteiger charge is 2.18. The lowest BCUT2D eigenvalue weighted by Gasteiger charge is -2.07. The van der Waals surface area contributed by atoms with E-state index in [-0.39, 0.29) is 11.7 Å². The number of rotatable bonds is 7. The molecule has 0 spiro atoms. The van der Waals surface area contributed by atoms with E-state index in [1.807, 2.05) is 17.6 Å². The predicted molar refractivity (Wildman–Crippen MR) is 98.4 cm³/mol. The van der Waals surface area contributed by atoms with Crippen molar-refractivity contribution in [2.45, 2.75) is 18.6 Å². The minimum Gasteiger partial charge on any atom is -0.465 e. The monoisotopic (exact) mass is 392 g/mol. The Kier molecular flexibility index (Phi) is 5.74. The van der Waals surface area contributed by atoms with E-state index in [2.05, 4.69) is 15.5 Å². The Morgan fingerprint density at radius 2 is 2.23 bits per heavy atom. The first-order chi connectivity index (χ1) is 12.6. The Bertz CT molecular complexity index is 901. The molecule has 0 atom stereocenters. The molecule has 10 heteroatoms. The number of methoxy groups -OCH3 is 1. The van der Waals surface area contributed by atoms with E-state index < -0.39 is 5.97 Å². The lowest BCUT2D eigenvalue weighted by Crippen LogP contribution is -2.16. The van der Waals surface area contributed by atoms with Crippen LogP contribution >= 0.6 is 23.1 Å². The summed E-state index contributed by atoms with van der Waals surface area (Å²) in [5.41, 5.74) is 0.340. The number of ether oxygens (including phenoxy) is 1. The number of carbonyl (C=O) groups is 2. The van der Waals surface area contributed by atoms with Crippen molar-refractivity contribution in [3.63, 3.8) is 0 Å². The second kappa shape index (κ2) is 8.19. The molecule has 1 amide bonds. The molecule has 26 heavy (non-hydrogen) atoms. The number of aromatic nitrogens is 3. The number of nitrogens with zero attached hydrogens (tertiary/aromatic N) is 3. The van der Waals surface area contributed by atoms with Crippen LogP contribution in [0, 0.1) is 0 Å². The average Bonchev–Trinajstić information content (AvgIpc) is 3.38. The molecule has 3 rings (SSSR count). The van der Waals surface area contributed by atoms with Crippen LogP contribution in [0.25, 0.3) is 11.6 Å². The van der Waals surface area contributed by atoms with Gasteiger partial charge in [-0.3, -0.25) is 9.36 Å². The zero-order chi connectivity index (χ0) is 18.5. The van der Waals surface area contributed by atoms with Gasteiger partial charge in [0.25, 0.3) is 0 Å². The van der Waals surface area contributed by atoms with E-state index in [0.717, 1.165) is 0 Å². The molecule has 0 unspecified atom stereocenters. The third-order valence-electron chi connectivity index (χ3n) is 3.43. The van der Waals surface area contributed by atoms with Gasteiger partial charge in [0, 0.05) is 6.54 Å². The third kappa shape index (κ3) is 3.81. The lowest BCUT2D eigenvalue weighted by molar-refractivity contribution is -0.113. The Morgan fingerprint density at radius 3 is 2.92 bits per heavy atom. The zero-order valence-corrected chi connectivity index (χ0v) is 15.7. The largest absolute Gasteiger partial charge is 0.465 e. The van der Waals surface area contributed by atoms with E-state index >= 15 is 0 Å². The third-order valence-corrected chi connectivity index (χ3v) is 5.23. The van der Waals surface area contributed by atoms with Gasteiger partial charge in [-0.25, -0.2) is 4.79 Å². The summed E-state index contributed by atoms with van der Waals surface area (Å²) in [6, 6.07) is 5.20. The number of furan rings is 1. The first-order valence-corrected chi connectivity index (χ1v) is 9.56. The van der Waals surface area contributed by atoms with Crippen LogP contribution in [0.1, 0.15) is 17.3 Å². The Hall–Kier alpha value is -2.59. The number of amides is 1. The van der Waals surface area contributed by atoms with Crippen LogP contribution in [0.3, 0.4) is 0 Å². The van der Waals surface area contributed by atoms with Crippen LogP contribution in [-0.4, -0.2) is 39.5 Å². The summed E-state index contributed by atoms with van der Waals surface area (Å²) in [6.45, 7) is 2.61. The van der Waals surface area contributed by atoms with Crippen LogP contribution in [0.2, 0.25) is 0 Å². The van der Waals surface area contributed by atoms with Crippen LogP contribution < -0.4 is 5.32 Å². The van der Waals surface area contributed by atoms with Crippen molar-refractivity contribution >= 4 is 40.0 Å². The van der Waals surface area contributed by atoms with Crippen LogP contribution in [0.5, 0.6) is 0 Å². The number of hydrogen-bond acceptors (Lipinski definition) is 8. The highest BCUT2D eigenvalue weighted by Crippen LogP contribution is 2.26. The number of thioether (sulfide) groups is 1. The molecule has 8 nitrogen and oxygen atoms in total. The Balaban J connectivity index is 1.65. The quantitative estimate of drug-likeness (QED) is 0.487. The van der Waals surface area contributed by atoms with Gasteiger partial charge in [0.15, 0.2) is 16.7 Å². The van der Waals surface area contributed by atoms with Gasteiger partial charge in [0.1, 0.15) is 5.00 Å². The topological polar surface area (TPSA) is 99.2 Å². The normalized spacial score (nSPS) is 10.7. The fourth-order valence-corrected chi connectivity index (χ4v) is 3.83. The Labute approximate surface area is 157 Å². The molecule has 0 aromatic carbocycles. The molecule has 0 radical (unpaired) electrons. The second-order valence-electron chi connectivity index (χ2n) is 5.02. The molecule has 0 aliphatic rings. The van der Waals surface area contributed by atoms with Crippen molar-refractivity contribution in [2.75, 3.05) is 18.2 Å². The van der Waals surface area contributed by atoms with Gasteiger partial charge in [-0.15, -0.1) is 21.5 Å². The summed E-state index contributed by atoms with van der Waals surface area (Å²) in [4.78, 5) is 23.9. The number of esters is 1. The van der Waals surface area contributed by atoms with Crippen LogP contribution in [0.4, 0.5) is 5.00 Å². The predicted octanol–water partition coefficient (Wildman–Crippen LogP) is 3.14. The highest BCUT2D eigenvalue weighted by molar-refractivity contribution is 7.99. The molecule has 0 aliphatic heterocycles. The highest BCUT2D eigenvalue weighted by atomic mass is 32.2. The van der Waals surface area contributed by atoms with E-state index in [0.29, 0.717) is 33.9 Å². The molecule has 0 saturated carbocycles. The van der Waals surface area contributed by atoms with Crippen molar-refractivity contribution < 1.29 is 18.7 Å². The second-order valence-corrected chi connectivity index (χ2v) is 6.88. The molecule has 136 valence electrons. The van der Waals surface area contributed by atoms with Gasteiger partial charge >= 0.3 is 5.97 Å². The molecule has 1 N–H and O–H groups in total. The first kappa shape index (κ1) is 18.2. The summed E-state index contributed by atoms with van der Waals surface area (Å²) in [5, 5.41) is 13.8. The molecule has 3 aromatic rings. The fraction of sp³-hybridized carbons (Fsp3) is 0.250. The van der Waals surface area contributed by atoms with Crippen LogP contribution in [-0.2, 0) is 16.1 Å². The van der Waals surface area contributed by atoms with Gasteiger partial charge in [0.05, 0.1) is 24.7 Å². The van der Waals surface area contributed by atoms with Gasteiger partial charge in [-0.1, -0.05) is 11.8 Å². The number of anilines is 1. The number of thiophene rings is 1. The molecular formula is C16H16N4O4S2. The standard InChI is InChI=1S/C16H16N4O4S2/c1-3-20-13(11-5-4-7-24-11)18-19-16(20)26-9-12(21)17-14-10(6-8-25-14)15(22)23-2/h4-8H,3,9H2,1-2H3,(H,17,21). The molecule has 0 bridgehead atoms. The summed E-state index contributed by atoms with van der Waals surface area (Å²) in [7, 11) is 1.30. The van der Waals surface area contributed by atoms with E-state index in [1.54, 1.807) is 23.8 Å². The summed E-state index contributed by atoms with van der Waals surface area (Å²) >= 11 is 2.53. The first-order valence-electron chi connectivity index (χ1n) is 7.69. The minimum atomic E-state index is -0.483. The number of nitrogens with one attached hydrogen (secondary N) is 1. The maximum absolute atomic E-state index is 12.2.